The summed E-state index contributed by atoms with van der Waals surface area (Å²) in [6, 6.07) is 3.43. The van der Waals surface area contributed by atoms with Crippen LogP contribution in [0.4, 0.5) is 0 Å². The Morgan fingerprint density at radius 2 is 2.08 bits per heavy atom. The van der Waals surface area contributed by atoms with Gasteiger partial charge in [0, 0.05) is 0 Å². The molecular formula is C9H9BrO2. The summed E-state index contributed by atoms with van der Waals surface area (Å²) < 4.78 is 0.563. The SMILES string of the molecule is CC(=O)c1cc(C)cc(Br)c1O. The molecule has 64 valence electrons. The number of hydrogen-bond acceptors (Lipinski definition) is 2. The molecule has 0 saturated carbocycles. The Bertz CT molecular complexity index is 332. The number of carbonyl (C=O) groups is 1. The van der Waals surface area contributed by atoms with Crippen molar-refractivity contribution < 1.29 is 9.90 Å². The highest BCUT2D eigenvalue weighted by Crippen LogP contribution is 2.29. The Morgan fingerprint density at radius 1 is 1.50 bits per heavy atom. The Morgan fingerprint density at radius 3 is 2.58 bits per heavy atom. The zero-order chi connectivity index (χ0) is 9.30. The number of ketones is 1. The lowest BCUT2D eigenvalue weighted by molar-refractivity contribution is 0.101. The molecule has 0 saturated heterocycles. The van der Waals surface area contributed by atoms with E-state index in [4.69, 9.17) is 0 Å². The maximum atomic E-state index is 11.0. The predicted molar refractivity (Wildman–Crippen MR) is 50.5 cm³/mol. The van der Waals surface area contributed by atoms with E-state index in [9.17, 15) is 9.90 Å². The van der Waals surface area contributed by atoms with E-state index in [0.717, 1.165) is 5.56 Å². The minimum Gasteiger partial charge on any atom is -0.506 e. The van der Waals surface area contributed by atoms with E-state index in [-0.39, 0.29) is 11.5 Å². The first kappa shape index (κ1) is 9.26. The number of hydrogen-bond donors (Lipinski definition) is 1. The second-order valence-corrected chi connectivity index (χ2v) is 3.55. The van der Waals surface area contributed by atoms with Crippen molar-refractivity contribution >= 4 is 21.7 Å². The number of carbonyl (C=O) groups excluding carboxylic acids is 1. The first-order valence-electron chi connectivity index (χ1n) is 3.52. The molecule has 0 bridgehead atoms. The van der Waals surface area contributed by atoms with Crippen molar-refractivity contribution in [1.82, 2.24) is 0 Å². The van der Waals surface area contributed by atoms with Gasteiger partial charge in [-0.3, -0.25) is 4.79 Å². The molecule has 0 spiro atoms. The largest absolute Gasteiger partial charge is 0.506 e. The smallest absolute Gasteiger partial charge is 0.163 e. The average Bonchev–Trinajstić information content (AvgIpc) is 1.96. The Kier molecular flexibility index (Phi) is 2.52. The van der Waals surface area contributed by atoms with Crippen molar-refractivity contribution in [1.29, 1.82) is 0 Å². The van der Waals surface area contributed by atoms with E-state index in [1.54, 1.807) is 12.1 Å². The van der Waals surface area contributed by atoms with Gasteiger partial charge in [-0.05, 0) is 47.5 Å². The first-order valence-corrected chi connectivity index (χ1v) is 4.31. The molecule has 0 aromatic heterocycles. The zero-order valence-corrected chi connectivity index (χ0v) is 8.47. The summed E-state index contributed by atoms with van der Waals surface area (Å²) in [4.78, 5) is 11.0. The van der Waals surface area contributed by atoms with Gasteiger partial charge in [0.2, 0.25) is 0 Å². The molecule has 0 heterocycles. The van der Waals surface area contributed by atoms with Gasteiger partial charge in [-0.1, -0.05) is 0 Å². The molecule has 1 rings (SSSR count). The number of aryl methyl sites for hydroxylation is 1. The lowest BCUT2D eigenvalue weighted by Crippen LogP contribution is -1.93. The quantitative estimate of drug-likeness (QED) is 0.751. The van der Waals surface area contributed by atoms with E-state index in [1.807, 2.05) is 6.92 Å². The number of halogens is 1. The van der Waals surface area contributed by atoms with Crippen LogP contribution in [0, 0.1) is 6.92 Å². The van der Waals surface area contributed by atoms with E-state index in [0.29, 0.717) is 10.0 Å². The summed E-state index contributed by atoms with van der Waals surface area (Å²) in [6.07, 6.45) is 0. The van der Waals surface area contributed by atoms with Crippen LogP contribution in [-0.4, -0.2) is 10.9 Å². The van der Waals surface area contributed by atoms with Crippen LogP contribution >= 0.6 is 15.9 Å². The van der Waals surface area contributed by atoms with Gasteiger partial charge in [0.15, 0.2) is 5.78 Å². The minimum absolute atomic E-state index is 0.0214. The summed E-state index contributed by atoms with van der Waals surface area (Å²) >= 11 is 3.16. The van der Waals surface area contributed by atoms with Crippen molar-refractivity contribution in [2.75, 3.05) is 0 Å². The van der Waals surface area contributed by atoms with Crippen LogP contribution in [0.3, 0.4) is 0 Å². The van der Waals surface area contributed by atoms with Gasteiger partial charge in [-0.15, -0.1) is 0 Å². The van der Waals surface area contributed by atoms with Crippen LogP contribution in [0.15, 0.2) is 16.6 Å². The van der Waals surface area contributed by atoms with E-state index >= 15 is 0 Å². The molecule has 3 heteroatoms. The third kappa shape index (κ3) is 1.67. The molecule has 0 atom stereocenters. The summed E-state index contributed by atoms with van der Waals surface area (Å²) in [6.45, 7) is 3.30. The third-order valence-corrected chi connectivity index (χ3v) is 2.19. The lowest BCUT2D eigenvalue weighted by Gasteiger charge is -2.03. The number of phenols is 1. The Hall–Kier alpha value is -0.830. The highest BCUT2D eigenvalue weighted by atomic mass is 79.9. The molecular weight excluding hydrogens is 220 g/mol. The fourth-order valence-electron chi connectivity index (χ4n) is 1.00. The normalized spacial score (nSPS) is 9.92. The van der Waals surface area contributed by atoms with E-state index in [1.165, 1.54) is 6.92 Å². The van der Waals surface area contributed by atoms with Gasteiger partial charge < -0.3 is 5.11 Å². The van der Waals surface area contributed by atoms with E-state index in [2.05, 4.69) is 15.9 Å². The number of rotatable bonds is 1. The Balaban J connectivity index is 3.37. The van der Waals surface area contributed by atoms with Crippen molar-refractivity contribution in [3.63, 3.8) is 0 Å². The molecule has 2 nitrogen and oxygen atoms in total. The standard InChI is InChI=1S/C9H9BrO2/c1-5-3-7(6(2)11)9(12)8(10)4-5/h3-4,12H,1-2H3. The molecule has 0 amide bonds. The summed E-state index contributed by atoms with van der Waals surface area (Å²) in [5.74, 6) is -0.106. The minimum atomic E-state index is -0.128. The van der Waals surface area contributed by atoms with Crippen molar-refractivity contribution in [2.24, 2.45) is 0 Å². The number of aromatic hydroxyl groups is 1. The van der Waals surface area contributed by atoms with Crippen LogP contribution in [0.2, 0.25) is 0 Å². The molecule has 12 heavy (non-hydrogen) atoms. The molecule has 0 unspecified atom stereocenters. The van der Waals surface area contributed by atoms with Crippen LogP contribution < -0.4 is 0 Å². The molecule has 0 fully saturated rings. The summed E-state index contributed by atoms with van der Waals surface area (Å²) in [7, 11) is 0. The van der Waals surface area contributed by atoms with Gasteiger partial charge in [0.25, 0.3) is 0 Å². The van der Waals surface area contributed by atoms with E-state index < -0.39 is 0 Å². The third-order valence-electron chi connectivity index (χ3n) is 1.59. The second-order valence-electron chi connectivity index (χ2n) is 2.70. The van der Waals surface area contributed by atoms with Crippen molar-refractivity contribution in [2.45, 2.75) is 13.8 Å². The lowest BCUT2D eigenvalue weighted by atomic mass is 10.1. The maximum absolute atomic E-state index is 11.0. The first-order chi connectivity index (χ1) is 5.52. The fraction of sp³-hybridized carbons (Fsp3) is 0.222. The van der Waals surface area contributed by atoms with Crippen molar-refractivity contribution in [3.8, 4) is 5.75 Å². The highest BCUT2D eigenvalue weighted by molar-refractivity contribution is 9.10. The molecule has 1 N–H and O–H groups in total. The van der Waals surface area contributed by atoms with Crippen LogP contribution in [-0.2, 0) is 0 Å². The molecule has 0 radical (unpaired) electrons. The monoisotopic (exact) mass is 228 g/mol. The average molecular weight is 229 g/mol. The van der Waals surface area contributed by atoms with Crippen LogP contribution in [0.25, 0.3) is 0 Å². The maximum Gasteiger partial charge on any atom is 0.163 e. The molecule has 0 aliphatic heterocycles. The van der Waals surface area contributed by atoms with Gasteiger partial charge >= 0.3 is 0 Å². The van der Waals surface area contributed by atoms with Gasteiger partial charge in [0.05, 0.1) is 10.0 Å². The predicted octanol–water partition coefficient (Wildman–Crippen LogP) is 2.67. The molecule has 0 aliphatic rings. The van der Waals surface area contributed by atoms with Gasteiger partial charge in [-0.2, -0.15) is 0 Å². The highest BCUT2D eigenvalue weighted by Gasteiger charge is 2.09. The number of Topliss-reactive ketones (excluding diaryl/α,β-unsaturated/α-hetero) is 1. The fourth-order valence-corrected chi connectivity index (χ4v) is 1.58. The van der Waals surface area contributed by atoms with Gasteiger partial charge in [-0.25, -0.2) is 0 Å². The molecule has 0 aliphatic carbocycles. The van der Waals surface area contributed by atoms with Crippen molar-refractivity contribution in [3.05, 3.63) is 27.7 Å². The number of phenolic OH excluding ortho intramolecular Hbond substituents is 1. The summed E-state index contributed by atoms with van der Waals surface area (Å²) in [5.41, 5.74) is 1.31. The van der Waals surface area contributed by atoms with Crippen LogP contribution in [0.1, 0.15) is 22.8 Å². The zero-order valence-electron chi connectivity index (χ0n) is 6.89. The topological polar surface area (TPSA) is 37.3 Å². The molecule has 1 aromatic rings. The summed E-state index contributed by atoms with van der Waals surface area (Å²) in [5, 5.41) is 9.42. The number of benzene rings is 1. The second kappa shape index (κ2) is 3.27. The van der Waals surface area contributed by atoms with Gasteiger partial charge in [0.1, 0.15) is 5.75 Å². The Labute approximate surface area is 79.3 Å². The van der Waals surface area contributed by atoms with Crippen LogP contribution in [0.5, 0.6) is 5.75 Å². The molecule has 1 aromatic carbocycles.